The number of aliphatic hydroxyl groups excluding tert-OH is 2. The molecular formula is C21H21FN3O9P. The molecule has 4 N–H and O–H groups in total. The third-order valence-corrected chi connectivity index (χ3v) is 5.91. The van der Waals surface area contributed by atoms with E-state index in [0.29, 0.717) is 16.8 Å². The van der Waals surface area contributed by atoms with Gasteiger partial charge in [-0.05, 0) is 35.4 Å². The van der Waals surface area contributed by atoms with Crippen molar-refractivity contribution in [2.24, 2.45) is 0 Å². The van der Waals surface area contributed by atoms with E-state index in [-0.39, 0.29) is 6.54 Å². The Bertz CT molecular complexity index is 1370. The largest absolute Gasteiger partial charge is 0.469 e. The third-order valence-electron chi connectivity index (χ3n) is 5.43. The first-order valence-electron chi connectivity index (χ1n) is 10.3. The summed E-state index contributed by atoms with van der Waals surface area (Å²) < 4.78 is 35.6. The van der Waals surface area contributed by atoms with Crippen LogP contribution in [0.15, 0.2) is 64.4 Å². The summed E-state index contributed by atoms with van der Waals surface area (Å²) in [6, 6.07) is 10.1. The minimum absolute atomic E-state index is 0.232. The molecule has 4 rings (SSSR count). The zero-order valence-corrected chi connectivity index (χ0v) is 18.8. The van der Waals surface area contributed by atoms with Crippen LogP contribution < -0.4 is 11.2 Å². The molecule has 0 spiro atoms. The maximum absolute atomic E-state index is 13.2. The maximum Gasteiger partial charge on any atom is 0.469 e. The van der Waals surface area contributed by atoms with E-state index < -0.39 is 56.0 Å². The van der Waals surface area contributed by atoms with Gasteiger partial charge in [0, 0.05) is 18.5 Å². The van der Waals surface area contributed by atoms with Crippen molar-refractivity contribution in [3.8, 4) is 11.1 Å². The summed E-state index contributed by atoms with van der Waals surface area (Å²) >= 11 is 0. The lowest BCUT2D eigenvalue weighted by molar-refractivity contribution is -0.0548. The van der Waals surface area contributed by atoms with Crippen LogP contribution >= 0.6 is 7.82 Å². The van der Waals surface area contributed by atoms with E-state index in [2.05, 4.69) is 9.51 Å². The average Bonchev–Trinajstić information content (AvgIpc) is 3.09. The van der Waals surface area contributed by atoms with Crippen LogP contribution in [0.1, 0.15) is 11.9 Å². The number of phosphoric ester groups is 1. The second-order valence-electron chi connectivity index (χ2n) is 7.81. The number of benzene rings is 1. The number of rotatable bonds is 7. The van der Waals surface area contributed by atoms with Crippen LogP contribution in [0.4, 0.5) is 4.39 Å². The van der Waals surface area contributed by atoms with Gasteiger partial charge in [-0.15, -0.1) is 0 Å². The van der Waals surface area contributed by atoms with Gasteiger partial charge < -0.3 is 24.7 Å². The standard InChI is InChI=1S/C21H21FN3O9P/c22-14-3-1-12(2-4-14)13-5-7-23-15(9-13)10-25-17(26)6-8-24(21(25)29)20-19(28)18(27)16(34-20)11-33-35(30,31)32/h1-9,16,18-20,27-28H,10-11H2,(H2,30,31,32)/t16-,18?,19?,20-/m1/s1. The number of hydrogen-bond donors (Lipinski definition) is 4. The Hall–Kier alpha value is -3.03. The third kappa shape index (κ3) is 5.63. The molecule has 2 unspecified atom stereocenters. The molecule has 1 aliphatic rings. The summed E-state index contributed by atoms with van der Waals surface area (Å²) in [6.45, 7) is -0.975. The number of aliphatic hydroxyl groups is 2. The second-order valence-corrected chi connectivity index (χ2v) is 9.04. The molecule has 1 aromatic carbocycles. The molecule has 0 bridgehead atoms. The first-order valence-corrected chi connectivity index (χ1v) is 11.8. The Morgan fingerprint density at radius 1 is 1.06 bits per heavy atom. The number of halogens is 1. The SMILES string of the molecule is O=c1ccn([C@@H]2O[C@H](COP(=O)(O)O)C(O)C2O)c(=O)n1Cc1cc(-c2ccc(F)cc2)ccn1. The smallest absolute Gasteiger partial charge is 0.387 e. The summed E-state index contributed by atoms with van der Waals surface area (Å²) in [4.78, 5) is 47.4. The molecular weight excluding hydrogens is 488 g/mol. The van der Waals surface area contributed by atoms with E-state index in [4.69, 9.17) is 14.5 Å². The molecule has 12 nitrogen and oxygen atoms in total. The van der Waals surface area contributed by atoms with Crippen LogP contribution in [-0.4, -0.2) is 59.0 Å². The molecule has 0 aliphatic carbocycles. The van der Waals surface area contributed by atoms with Gasteiger partial charge in [0.15, 0.2) is 6.23 Å². The number of pyridine rings is 1. The predicted octanol–water partition coefficient (Wildman–Crippen LogP) is -0.0121. The number of ether oxygens (including phenoxy) is 1. The van der Waals surface area contributed by atoms with Crippen LogP contribution in [0, 0.1) is 5.82 Å². The topological polar surface area (TPSA) is 173 Å². The monoisotopic (exact) mass is 509 g/mol. The van der Waals surface area contributed by atoms with Gasteiger partial charge in [-0.1, -0.05) is 12.1 Å². The lowest BCUT2D eigenvalue weighted by atomic mass is 10.1. The number of aromatic nitrogens is 3. The lowest BCUT2D eigenvalue weighted by Gasteiger charge is -2.18. The molecule has 1 fully saturated rings. The second kappa shape index (κ2) is 9.91. The molecule has 3 heterocycles. The average molecular weight is 509 g/mol. The first-order chi connectivity index (χ1) is 16.5. The fourth-order valence-corrected chi connectivity index (χ4v) is 4.03. The first kappa shape index (κ1) is 25.1. The van der Waals surface area contributed by atoms with Crippen molar-refractivity contribution in [3.05, 3.63) is 87.2 Å². The predicted molar refractivity (Wildman–Crippen MR) is 118 cm³/mol. The number of hydrogen-bond acceptors (Lipinski definition) is 8. The zero-order chi connectivity index (χ0) is 25.3. The number of phosphoric acid groups is 1. The van der Waals surface area contributed by atoms with Gasteiger partial charge in [-0.3, -0.25) is 23.4 Å². The van der Waals surface area contributed by atoms with Crippen molar-refractivity contribution < 1.29 is 38.2 Å². The van der Waals surface area contributed by atoms with Crippen molar-refractivity contribution >= 4 is 7.82 Å². The molecule has 3 aromatic rings. The summed E-state index contributed by atoms with van der Waals surface area (Å²) in [6.07, 6.45) is -3.50. The Kier molecular flexibility index (Phi) is 7.10. The molecule has 0 saturated carbocycles. The summed E-state index contributed by atoms with van der Waals surface area (Å²) in [7, 11) is -4.86. The summed E-state index contributed by atoms with van der Waals surface area (Å²) in [5, 5.41) is 20.5. The summed E-state index contributed by atoms with van der Waals surface area (Å²) in [5.41, 5.74) is 0.205. The Morgan fingerprint density at radius 2 is 1.77 bits per heavy atom. The van der Waals surface area contributed by atoms with Gasteiger partial charge >= 0.3 is 13.5 Å². The van der Waals surface area contributed by atoms with Crippen LogP contribution in [0.2, 0.25) is 0 Å². The van der Waals surface area contributed by atoms with Crippen molar-refractivity contribution in [3.63, 3.8) is 0 Å². The fourth-order valence-electron chi connectivity index (χ4n) is 3.69. The van der Waals surface area contributed by atoms with Crippen LogP contribution in [0.3, 0.4) is 0 Å². The van der Waals surface area contributed by atoms with Gasteiger partial charge in [0.05, 0.1) is 18.8 Å². The quantitative estimate of drug-likeness (QED) is 0.317. The fraction of sp³-hybridized carbons (Fsp3) is 0.286. The van der Waals surface area contributed by atoms with Crippen LogP contribution in [-0.2, 0) is 20.4 Å². The van der Waals surface area contributed by atoms with Gasteiger partial charge in [-0.2, -0.15) is 0 Å². The van der Waals surface area contributed by atoms with Gasteiger partial charge in [-0.25, -0.2) is 13.8 Å². The zero-order valence-electron chi connectivity index (χ0n) is 17.9. The van der Waals surface area contributed by atoms with E-state index in [0.717, 1.165) is 21.4 Å². The molecule has 4 atom stereocenters. The van der Waals surface area contributed by atoms with Gasteiger partial charge in [0.2, 0.25) is 0 Å². The molecule has 14 heteroatoms. The van der Waals surface area contributed by atoms with E-state index >= 15 is 0 Å². The van der Waals surface area contributed by atoms with Crippen molar-refractivity contribution in [1.29, 1.82) is 0 Å². The molecule has 1 aliphatic heterocycles. The Morgan fingerprint density at radius 3 is 2.46 bits per heavy atom. The minimum atomic E-state index is -4.86. The normalized spacial score (nSPS) is 22.4. The minimum Gasteiger partial charge on any atom is -0.387 e. The Labute approximate surface area is 196 Å². The Balaban J connectivity index is 1.60. The summed E-state index contributed by atoms with van der Waals surface area (Å²) in [5.74, 6) is -0.392. The van der Waals surface area contributed by atoms with E-state index in [9.17, 15) is 28.8 Å². The highest BCUT2D eigenvalue weighted by molar-refractivity contribution is 7.46. The van der Waals surface area contributed by atoms with Crippen molar-refractivity contribution in [1.82, 2.24) is 14.1 Å². The molecule has 2 aromatic heterocycles. The highest BCUT2D eigenvalue weighted by Gasteiger charge is 2.45. The van der Waals surface area contributed by atoms with Gasteiger partial charge in [0.25, 0.3) is 5.56 Å². The number of nitrogens with zero attached hydrogens (tertiary/aromatic N) is 3. The van der Waals surface area contributed by atoms with Gasteiger partial charge in [0.1, 0.15) is 24.1 Å². The lowest BCUT2D eigenvalue weighted by Crippen LogP contribution is -2.43. The molecule has 35 heavy (non-hydrogen) atoms. The van der Waals surface area contributed by atoms with E-state index in [1.54, 1.807) is 24.3 Å². The highest BCUT2D eigenvalue weighted by Crippen LogP contribution is 2.38. The van der Waals surface area contributed by atoms with Crippen LogP contribution in [0.5, 0.6) is 0 Å². The van der Waals surface area contributed by atoms with E-state index in [1.165, 1.54) is 18.3 Å². The maximum atomic E-state index is 13.2. The van der Waals surface area contributed by atoms with E-state index in [1.807, 2.05) is 0 Å². The molecule has 0 radical (unpaired) electrons. The highest BCUT2D eigenvalue weighted by atomic mass is 31.2. The molecule has 1 saturated heterocycles. The molecule has 186 valence electrons. The van der Waals surface area contributed by atoms with Crippen molar-refractivity contribution in [2.75, 3.05) is 6.61 Å². The van der Waals surface area contributed by atoms with Crippen LogP contribution in [0.25, 0.3) is 11.1 Å². The van der Waals surface area contributed by atoms with Crippen molar-refractivity contribution in [2.45, 2.75) is 31.1 Å². The molecule has 0 amide bonds.